The highest BCUT2D eigenvalue weighted by molar-refractivity contribution is 5.32. The average molecular weight is 450 g/mol. The van der Waals surface area contributed by atoms with Crippen LogP contribution in [0.15, 0.2) is 60.7 Å². The Balaban J connectivity index is 0.00000225. The van der Waals surface area contributed by atoms with Gasteiger partial charge in [-0.2, -0.15) is 0 Å². The van der Waals surface area contributed by atoms with Crippen molar-refractivity contribution in [2.45, 2.75) is 38.9 Å². The van der Waals surface area contributed by atoms with Crippen molar-refractivity contribution < 1.29 is 28.5 Å². The lowest BCUT2D eigenvalue weighted by Crippen LogP contribution is -3.00. The molecular formula is C22H31IN2. The molecular weight excluding hydrogens is 419 g/mol. The fourth-order valence-electron chi connectivity index (χ4n) is 4.22. The predicted octanol–water partition coefficient (Wildman–Crippen LogP) is 1.34. The van der Waals surface area contributed by atoms with Crippen molar-refractivity contribution in [3.8, 4) is 0 Å². The number of likely N-dealkylation sites (N-methyl/N-ethyl adjacent to an activating group) is 1. The van der Waals surface area contributed by atoms with Crippen LogP contribution in [0.1, 0.15) is 37.9 Å². The van der Waals surface area contributed by atoms with Crippen molar-refractivity contribution >= 4 is 0 Å². The summed E-state index contributed by atoms with van der Waals surface area (Å²) >= 11 is 0. The second-order valence-electron chi connectivity index (χ2n) is 7.60. The van der Waals surface area contributed by atoms with Crippen LogP contribution in [0, 0.1) is 0 Å². The Labute approximate surface area is 170 Å². The fraction of sp³-hybridized carbons (Fsp3) is 0.455. The first-order valence-corrected chi connectivity index (χ1v) is 9.25. The van der Waals surface area contributed by atoms with Gasteiger partial charge in [-0.3, -0.25) is 4.90 Å². The summed E-state index contributed by atoms with van der Waals surface area (Å²) in [6.07, 6.45) is 0. The lowest BCUT2D eigenvalue weighted by molar-refractivity contribution is -0.937. The number of quaternary nitrogens is 1. The Hall–Kier alpha value is -0.910. The Morgan fingerprint density at radius 1 is 0.960 bits per heavy atom. The number of rotatable bonds is 4. The lowest BCUT2D eigenvalue weighted by Gasteiger charge is -2.51. The molecule has 25 heavy (non-hydrogen) atoms. The van der Waals surface area contributed by atoms with Gasteiger partial charge in [0.1, 0.15) is 0 Å². The Morgan fingerprint density at radius 2 is 1.44 bits per heavy atom. The second-order valence-corrected chi connectivity index (χ2v) is 7.60. The SMILES string of the molecule is CC[N+]1(C)CC(C)N(C(c2ccccc2)c2ccccc2)CC1C.[I-]. The van der Waals surface area contributed by atoms with E-state index in [0.29, 0.717) is 18.1 Å². The zero-order chi connectivity index (χ0) is 17.2. The summed E-state index contributed by atoms with van der Waals surface area (Å²) in [5.74, 6) is 0. The lowest BCUT2D eigenvalue weighted by atomic mass is 9.93. The Kier molecular flexibility index (Phi) is 7.06. The Morgan fingerprint density at radius 3 is 1.88 bits per heavy atom. The van der Waals surface area contributed by atoms with E-state index in [4.69, 9.17) is 0 Å². The van der Waals surface area contributed by atoms with Crippen LogP contribution in [-0.2, 0) is 0 Å². The van der Waals surface area contributed by atoms with Crippen molar-refractivity contribution in [2.24, 2.45) is 0 Å². The highest BCUT2D eigenvalue weighted by Crippen LogP contribution is 2.34. The molecule has 136 valence electrons. The monoisotopic (exact) mass is 450 g/mol. The summed E-state index contributed by atoms with van der Waals surface area (Å²) in [4.78, 5) is 2.71. The van der Waals surface area contributed by atoms with Crippen LogP contribution in [0.3, 0.4) is 0 Å². The Bertz CT molecular complexity index is 606. The molecule has 2 nitrogen and oxygen atoms in total. The molecule has 2 aromatic carbocycles. The average Bonchev–Trinajstić information content (AvgIpc) is 2.61. The smallest absolute Gasteiger partial charge is 0.0989 e. The van der Waals surface area contributed by atoms with Crippen LogP contribution in [0.4, 0.5) is 0 Å². The maximum Gasteiger partial charge on any atom is 0.0989 e. The number of hydrogen-bond acceptors (Lipinski definition) is 1. The standard InChI is InChI=1S/C22H31N2.HI/c1-5-24(4)17-18(2)23(16-19(24)3)22(20-12-8-6-9-13-20)21-14-10-7-11-15-21;/h6-15,18-19,22H,5,16-17H2,1-4H3;1H/q+1;/p-1. The summed E-state index contributed by atoms with van der Waals surface area (Å²) in [5, 5.41) is 0. The molecule has 3 unspecified atom stereocenters. The van der Waals surface area contributed by atoms with Gasteiger partial charge < -0.3 is 28.5 Å². The van der Waals surface area contributed by atoms with Crippen molar-refractivity contribution in [2.75, 3.05) is 26.7 Å². The minimum Gasteiger partial charge on any atom is -1.00 e. The van der Waals surface area contributed by atoms with Crippen molar-refractivity contribution in [1.29, 1.82) is 0 Å². The molecule has 0 bridgehead atoms. The number of halogens is 1. The summed E-state index contributed by atoms with van der Waals surface area (Å²) in [6.45, 7) is 10.7. The van der Waals surface area contributed by atoms with Gasteiger partial charge in [0.05, 0.1) is 44.8 Å². The first-order chi connectivity index (χ1) is 11.5. The molecule has 2 aromatic rings. The minimum atomic E-state index is 0. The van der Waals surface area contributed by atoms with E-state index in [9.17, 15) is 0 Å². The molecule has 0 saturated carbocycles. The molecule has 0 aromatic heterocycles. The van der Waals surface area contributed by atoms with Crippen molar-refractivity contribution in [3.05, 3.63) is 71.8 Å². The fourth-order valence-corrected chi connectivity index (χ4v) is 4.22. The topological polar surface area (TPSA) is 3.24 Å². The van der Waals surface area contributed by atoms with E-state index < -0.39 is 0 Å². The van der Waals surface area contributed by atoms with Crippen LogP contribution in [0.2, 0.25) is 0 Å². The van der Waals surface area contributed by atoms with Crippen molar-refractivity contribution in [3.63, 3.8) is 0 Å². The van der Waals surface area contributed by atoms with E-state index >= 15 is 0 Å². The molecule has 3 heteroatoms. The van der Waals surface area contributed by atoms with Gasteiger partial charge in [-0.15, -0.1) is 0 Å². The third kappa shape index (κ3) is 4.26. The number of benzene rings is 2. The number of piperazine rings is 1. The van der Waals surface area contributed by atoms with Crippen LogP contribution >= 0.6 is 0 Å². The van der Waals surface area contributed by atoms with E-state index in [1.165, 1.54) is 28.7 Å². The molecule has 0 amide bonds. The quantitative estimate of drug-likeness (QED) is 0.502. The third-order valence-electron chi connectivity index (χ3n) is 6.07. The zero-order valence-corrected chi connectivity index (χ0v) is 18.1. The molecule has 1 aliphatic rings. The van der Waals surface area contributed by atoms with E-state index in [2.05, 4.69) is 93.4 Å². The van der Waals surface area contributed by atoms with Crippen LogP contribution < -0.4 is 24.0 Å². The summed E-state index contributed by atoms with van der Waals surface area (Å²) in [6, 6.07) is 23.5. The third-order valence-corrected chi connectivity index (χ3v) is 6.07. The van der Waals surface area contributed by atoms with Gasteiger partial charge in [0, 0.05) is 0 Å². The minimum absolute atomic E-state index is 0. The highest BCUT2D eigenvalue weighted by Gasteiger charge is 2.41. The normalized spacial score (nSPS) is 27.1. The van der Waals surface area contributed by atoms with Gasteiger partial charge in [-0.25, -0.2) is 0 Å². The van der Waals surface area contributed by atoms with Gasteiger partial charge >= 0.3 is 0 Å². The van der Waals surface area contributed by atoms with E-state index in [-0.39, 0.29) is 24.0 Å². The van der Waals surface area contributed by atoms with Crippen molar-refractivity contribution in [1.82, 2.24) is 4.90 Å². The summed E-state index contributed by atoms with van der Waals surface area (Å²) < 4.78 is 1.17. The summed E-state index contributed by atoms with van der Waals surface area (Å²) in [5.41, 5.74) is 2.80. The second kappa shape index (κ2) is 8.65. The van der Waals surface area contributed by atoms with Gasteiger partial charge in [0.25, 0.3) is 0 Å². The molecule has 0 spiro atoms. The number of hydrogen-bond donors (Lipinski definition) is 0. The van der Waals surface area contributed by atoms with Crippen LogP contribution in [0.25, 0.3) is 0 Å². The number of nitrogens with zero attached hydrogens (tertiary/aromatic N) is 2. The van der Waals surface area contributed by atoms with Gasteiger partial charge in [-0.1, -0.05) is 60.7 Å². The van der Waals surface area contributed by atoms with Gasteiger partial charge in [-0.05, 0) is 31.9 Å². The molecule has 0 N–H and O–H groups in total. The molecule has 1 aliphatic heterocycles. The van der Waals surface area contributed by atoms with Gasteiger partial charge in [0.2, 0.25) is 0 Å². The first-order valence-electron chi connectivity index (χ1n) is 9.25. The largest absolute Gasteiger partial charge is 1.00 e. The molecule has 1 saturated heterocycles. The molecule has 3 atom stereocenters. The van der Waals surface area contributed by atoms with Crippen LogP contribution in [0.5, 0.6) is 0 Å². The maximum atomic E-state index is 2.71. The summed E-state index contributed by atoms with van der Waals surface area (Å²) in [7, 11) is 2.42. The van der Waals surface area contributed by atoms with Crippen LogP contribution in [-0.4, -0.2) is 48.1 Å². The molecule has 0 aliphatic carbocycles. The van der Waals surface area contributed by atoms with E-state index in [1.54, 1.807) is 0 Å². The van der Waals surface area contributed by atoms with E-state index in [0.717, 1.165) is 6.54 Å². The maximum absolute atomic E-state index is 2.71. The van der Waals surface area contributed by atoms with Gasteiger partial charge in [0.15, 0.2) is 0 Å². The molecule has 1 fully saturated rings. The molecule has 0 radical (unpaired) electrons. The molecule has 1 heterocycles. The highest BCUT2D eigenvalue weighted by atomic mass is 127. The predicted molar refractivity (Wildman–Crippen MR) is 102 cm³/mol. The molecule has 3 rings (SSSR count). The zero-order valence-electron chi connectivity index (χ0n) is 15.9. The van der Waals surface area contributed by atoms with E-state index in [1.807, 2.05) is 0 Å². The first kappa shape index (κ1) is 20.4.